The maximum Gasteiger partial charge on any atom is 0.345 e. The summed E-state index contributed by atoms with van der Waals surface area (Å²) in [6, 6.07) is 96.6. The van der Waals surface area contributed by atoms with Crippen LogP contribution < -0.4 is 15.0 Å². The molecule has 6 heterocycles. The minimum absolute atomic E-state index is 0.103. The fourth-order valence-corrected chi connectivity index (χ4v) is 13.5. The van der Waals surface area contributed by atoms with Crippen molar-refractivity contribution in [1.82, 2.24) is 44.3 Å². The van der Waals surface area contributed by atoms with Crippen LogP contribution >= 0.6 is 34.8 Å². The summed E-state index contributed by atoms with van der Waals surface area (Å²) in [6.45, 7) is -3.24. The summed E-state index contributed by atoms with van der Waals surface area (Å²) in [5.74, 6) is 0.648. The van der Waals surface area contributed by atoms with Crippen LogP contribution in [0.5, 0.6) is 11.8 Å². The molecule has 0 fully saturated rings. The van der Waals surface area contributed by atoms with Crippen molar-refractivity contribution in [2.45, 2.75) is 23.2 Å². The number of aromatic amines is 1. The molecule has 14 nitrogen and oxygen atoms in total. The summed E-state index contributed by atoms with van der Waals surface area (Å²) in [5, 5.41) is 25.1. The van der Waals surface area contributed by atoms with E-state index < -0.39 is 23.2 Å². The van der Waals surface area contributed by atoms with Gasteiger partial charge in [0.15, 0.2) is 0 Å². The Bertz CT molecular complexity index is 4900. The predicted octanol–water partition coefficient (Wildman–Crippen LogP) is 17.1. The smallest absolute Gasteiger partial charge is 0.345 e. The predicted molar refractivity (Wildman–Crippen MR) is 384 cm³/mol. The maximum atomic E-state index is 12.9. The molecule has 99 heavy (non-hydrogen) atoms. The first-order valence-corrected chi connectivity index (χ1v) is 32.8. The average Bonchev–Trinajstić information content (AvgIpc) is 1.59. The number of nitrogens with one attached hydrogen (secondary N) is 1. The van der Waals surface area contributed by atoms with E-state index in [1.165, 1.54) is 6.20 Å². The summed E-state index contributed by atoms with van der Waals surface area (Å²) >= 11 is 19.0. The van der Waals surface area contributed by atoms with Gasteiger partial charge in [-0.1, -0.05) is 308 Å². The van der Waals surface area contributed by atoms with Crippen LogP contribution in [0.3, 0.4) is 0 Å². The number of aromatic nitrogens is 9. The van der Waals surface area contributed by atoms with Crippen LogP contribution in [0, 0.1) is 0 Å². The van der Waals surface area contributed by atoms with Crippen molar-refractivity contribution >= 4 is 67.5 Å². The lowest BCUT2D eigenvalue weighted by atomic mass is 9.77. The molecule has 492 valence electrons. The lowest BCUT2D eigenvalue weighted by Crippen LogP contribution is -2.39. The molecule has 15 aromatic rings. The second-order valence-electron chi connectivity index (χ2n) is 22.8. The van der Waals surface area contributed by atoms with Crippen molar-refractivity contribution in [3.05, 3.63) is 386 Å². The van der Waals surface area contributed by atoms with E-state index in [1.807, 2.05) is 214 Å². The molecular weight excluding hydrogens is 1310 g/mol. The Labute approximate surface area is 583 Å². The van der Waals surface area contributed by atoms with E-state index in [1.54, 1.807) is 30.6 Å². The van der Waals surface area contributed by atoms with Gasteiger partial charge in [0.25, 0.3) is 5.56 Å². The number of halogens is 5. The van der Waals surface area contributed by atoms with Crippen molar-refractivity contribution in [2.75, 3.05) is 26.4 Å². The van der Waals surface area contributed by atoms with Gasteiger partial charge in [0.05, 0.1) is 45.9 Å². The molecule has 19 heteroatoms. The number of aliphatic hydroxyl groups is 1. The van der Waals surface area contributed by atoms with Gasteiger partial charge in [-0.3, -0.25) is 14.6 Å². The third-order valence-electron chi connectivity index (χ3n) is 17.1. The Hall–Kier alpha value is -11.1. The molecule has 0 aliphatic rings. The Morgan fingerprint density at radius 1 is 0.384 bits per heavy atom. The Kier molecular flexibility index (Phi) is 20.2. The van der Waals surface area contributed by atoms with Gasteiger partial charge in [-0.2, -0.15) is 8.78 Å². The number of pyridine rings is 3. The van der Waals surface area contributed by atoms with E-state index in [4.69, 9.17) is 54.5 Å². The van der Waals surface area contributed by atoms with Gasteiger partial charge in [-0.05, 0) is 50.1 Å². The summed E-state index contributed by atoms with van der Waals surface area (Å²) in [7, 11) is 0. The first kappa shape index (κ1) is 66.5. The largest absolute Gasteiger partial charge is 0.474 e. The highest BCUT2D eigenvalue weighted by atomic mass is 35.5. The number of nitrogens with zero attached hydrogens (tertiary/aromatic N) is 8. The summed E-state index contributed by atoms with van der Waals surface area (Å²) in [5.41, 5.74) is 8.46. The quantitative estimate of drug-likeness (QED) is 0.0427. The standard InChI is InChI=1S/C28H22ClF2N3O2.C27H22ClN3O2.C25H18ClN3O/c29-25-18-24-23(19-32-25)26(35-16-17-36-27(30)31)33-34(24)28(20-10-4-1-5-11-20,21-12-6-2-7-13-21)22-14-8-3-9-15-22;28-25-18-24-23(19-29-25)26(33-17-16-32)30-31(24)27(20-10-4-1-5-11-20,21-12-6-2-7-13-21)22-14-8-3-9-15-22;26-23-16-22-21(17-27-23)24(30)28-29(22)25(18-10-4-1-5-11-18,19-12-6-2-7-13-19)20-14-8-3-9-15-20/h1-15,18-19,27H,16-17H2;1-15,18-19,32H,16-17H2;1-17H,(H,28,30). The maximum absolute atomic E-state index is 12.9. The van der Waals surface area contributed by atoms with Crippen LogP contribution in [0.2, 0.25) is 15.5 Å². The fourth-order valence-electron chi connectivity index (χ4n) is 13.1. The van der Waals surface area contributed by atoms with Gasteiger partial charge in [0.2, 0.25) is 11.8 Å². The minimum atomic E-state index is -2.87. The van der Waals surface area contributed by atoms with Crippen LogP contribution in [-0.2, 0) is 21.4 Å². The van der Waals surface area contributed by atoms with E-state index in [0.29, 0.717) is 43.1 Å². The van der Waals surface area contributed by atoms with Gasteiger partial charge in [0.1, 0.15) is 45.3 Å². The zero-order valence-corrected chi connectivity index (χ0v) is 55.2. The lowest BCUT2D eigenvalue weighted by molar-refractivity contribution is -0.133. The summed E-state index contributed by atoms with van der Waals surface area (Å²) in [4.78, 5) is 25.5. The molecule has 0 unspecified atom stereocenters. The number of fused-ring (bicyclic) bond motifs is 3. The fraction of sp³-hybridized carbons (Fsp3) is 0.100. The van der Waals surface area contributed by atoms with E-state index in [9.17, 15) is 18.7 Å². The molecule has 9 aromatic carbocycles. The molecule has 0 radical (unpaired) electrons. The summed E-state index contributed by atoms with van der Waals surface area (Å²) in [6.07, 6.45) is 4.77. The van der Waals surface area contributed by atoms with Crippen LogP contribution in [0.25, 0.3) is 32.7 Å². The third-order valence-corrected chi connectivity index (χ3v) is 17.8. The van der Waals surface area contributed by atoms with Crippen molar-refractivity contribution in [2.24, 2.45) is 0 Å². The number of alkyl halides is 2. The molecular formula is C80H62Cl3F2N9O5. The first-order chi connectivity index (χ1) is 48.6. The molecule has 0 spiro atoms. The summed E-state index contributed by atoms with van der Waals surface area (Å²) < 4.78 is 46.7. The normalized spacial score (nSPS) is 11.7. The highest BCUT2D eigenvalue weighted by Gasteiger charge is 2.44. The second-order valence-corrected chi connectivity index (χ2v) is 23.9. The molecule has 0 aliphatic heterocycles. The van der Waals surface area contributed by atoms with Gasteiger partial charge in [-0.15, -0.1) is 10.2 Å². The van der Waals surface area contributed by atoms with E-state index >= 15 is 0 Å². The monoisotopic (exact) mass is 1370 g/mol. The van der Waals surface area contributed by atoms with Gasteiger partial charge in [0, 0.05) is 36.8 Å². The second kappa shape index (κ2) is 30.1. The van der Waals surface area contributed by atoms with Crippen LogP contribution in [0.1, 0.15) is 50.1 Å². The SMILES string of the molecule is FC(F)OCCOc1nn(C(c2ccccc2)(c2ccccc2)c2ccccc2)c2cc(Cl)ncc12.O=c1[nH]n(C(c2ccccc2)(c2ccccc2)c2ccccc2)c2cc(Cl)ncc12.OCCOc1nn(C(c2ccccc2)(c2ccccc2)c2ccccc2)c2cc(Cl)ncc12. The molecule has 0 aliphatic carbocycles. The van der Waals surface area contributed by atoms with Crippen molar-refractivity contribution in [1.29, 1.82) is 0 Å². The number of rotatable bonds is 20. The Morgan fingerprint density at radius 3 is 0.949 bits per heavy atom. The van der Waals surface area contributed by atoms with Crippen LogP contribution in [0.15, 0.2) is 315 Å². The molecule has 6 aromatic heterocycles. The van der Waals surface area contributed by atoms with Crippen LogP contribution in [-0.4, -0.2) is 82.4 Å². The highest BCUT2D eigenvalue weighted by molar-refractivity contribution is 6.30. The molecule has 0 saturated carbocycles. The Morgan fingerprint density at radius 2 is 0.657 bits per heavy atom. The number of aliphatic hydroxyl groups excluding tert-OH is 1. The van der Waals surface area contributed by atoms with Crippen molar-refractivity contribution < 1.29 is 28.1 Å². The lowest BCUT2D eigenvalue weighted by Gasteiger charge is -2.37. The number of hydrogen-bond acceptors (Lipinski definition) is 10. The Balaban J connectivity index is 0.000000134. The van der Waals surface area contributed by atoms with Gasteiger partial charge >= 0.3 is 6.61 Å². The number of ether oxygens (including phenoxy) is 3. The number of H-pyrrole nitrogens is 1. The third kappa shape index (κ3) is 13.1. The highest BCUT2D eigenvalue weighted by Crippen LogP contribution is 2.47. The molecule has 2 N–H and O–H groups in total. The molecule has 0 amide bonds. The van der Waals surface area contributed by atoms with Gasteiger partial charge in [-0.25, -0.2) is 24.3 Å². The van der Waals surface area contributed by atoms with Crippen LogP contribution in [0.4, 0.5) is 8.78 Å². The van der Waals surface area contributed by atoms with E-state index in [-0.39, 0.29) is 37.9 Å². The molecule has 0 bridgehead atoms. The number of hydrogen-bond donors (Lipinski definition) is 2. The zero-order valence-electron chi connectivity index (χ0n) is 52.9. The van der Waals surface area contributed by atoms with Crippen molar-refractivity contribution in [3.8, 4) is 11.8 Å². The topological polar surface area (TPSA) is 160 Å². The molecule has 15 rings (SSSR count). The number of benzene rings is 9. The molecule has 0 saturated heterocycles. The minimum Gasteiger partial charge on any atom is -0.474 e. The van der Waals surface area contributed by atoms with Gasteiger partial charge < -0.3 is 19.3 Å². The van der Waals surface area contributed by atoms with E-state index in [0.717, 1.165) is 61.0 Å². The zero-order chi connectivity index (χ0) is 68.2. The van der Waals surface area contributed by atoms with E-state index in [2.05, 4.69) is 97.6 Å². The average molecular weight is 1370 g/mol. The van der Waals surface area contributed by atoms with Crippen molar-refractivity contribution in [3.63, 3.8) is 0 Å². The first-order valence-electron chi connectivity index (χ1n) is 31.7. The molecule has 0 atom stereocenters.